The van der Waals surface area contributed by atoms with Gasteiger partial charge in [0.25, 0.3) is 0 Å². The molecular weight excluding hydrogens is 271 g/mol. The Morgan fingerprint density at radius 2 is 2.00 bits per heavy atom. The normalized spacial score (nSPS) is 11.3. The second-order valence-corrected chi connectivity index (χ2v) is 5.79. The molecule has 0 radical (unpaired) electrons. The molecule has 3 N–H and O–H groups in total. The largest absolute Gasteiger partial charge is 0.326 e. The average molecular weight is 288 g/mol. The van der Waals surface area contributed by atoms with Gasteiger partial charge in [0.05, 0.1) is 4.90 Å². The summed E-state index contributed by atoms with van der Waals surface area (Å²) in [7, 11) is -4.00. The van der Waals surface area contributed by atoms with Gasteiger partial charge in [-0.05, 0) is 24.6 Å². The van der Waals surface area contributed by atoms with Crippen LogP contribution in [0.5, 0.6) is 0 Å². The van der Waals surface area contributed by atoms with Crippen molar-refractivity contribution in [3.05, 3.63) is 24.0 Å². The van der Waals surface area contributed by atoms with E-state index in [0.717, 1.165) is 37.5 Å². The first-order valence-corrected chi connectivity index (χ1v) is 7.51. The molecule has 0 bridgehead atoms. The second-order valence-electron chi connectivity index (χ2n) is 4.23. The van der Waals surface area contributed by atoms with Crippen LogP contribution >= 0.6 is 0 Å². The van der Waals surface area contributed by atoms with Gasteiger partial charge < -0.3 is 5.32 Å². The maximum atomic E-state index is 13.2. The van der Waals surface area contributed by atoms with E-state index in [2.05, 4.69) is 5.32 Å². The van der Waals surface area contributed by atoms with Crippen LogP contribution in [0.2, 0.25) is 0 Å². The molecular formula is C12H17FN2O3S. The smallest absolute Gasteiger partial charge is 0.238 e. The number of amides is 1. The molecule has 5 nitrogen and oxygen atoms in total. The number of hydrogen-bond donors (Lipinski definition) is 2. The topological polar surface area (TPSA) is 89.3 Å². The Morgan fingerprint density at radius 1 is 1.32 bits per heavy atom. The number of nitrogens with two attached hydrogens (primary N) is 1. The van der Waals surface area contributed by atoms with Crippen molar-refractivity contribution in [2.24, 2.45) is 5.14 Å². The second kappa shape index (κ2) is 6.63. The Balaban J connectivity index is 2.79. The van der Waals surface area contributed by atoms with E-state index in [0.29, 0.717) is 6.42 Å². The van der Waals surface area contributed by atoms with E-state index in [1.54, 1.807) is 0 Å². The number of halogens is 1. The van der Waals surface area contributed by atoms with E-state index in [4.69, 9.17) is 5.14 Å². The highest BCUT2D eigenvalue weighted by Gasteiger charge is 2.12. The van der Waals surface area contributed by atoms with Crippen LogP contribution in [-0.2, 0) is 14.8 Å². The van der Waals surface area contributed by atoms with Crippen LogP contribution in [0.4, 0.5) is 10.1 Å². The molecule has 1 aromatic rings. The maximum Gasteiger partial charge on any atom is 0.238 e. The van der Waals surface area contributed by atoms with Crippen LogP contribution in [0, 0.1) is 5.82 Å². The predicted molar refractivity (Wildman–Crippen MR) is 70.5 cm³/mol. The average Bonchev–Trinajstić information content (AvgIpc) is 2.27. The number of carbonyl (C=O) groups excluding carboxylic acids is 1. The zero-order valence-corrected chi connectivity index (χ0v) is 11.5. The highest BCUT2D eigenvalue weighted by molar-refractivity contribution is 7.89. The summed E-state index contributed by atoms with van der Waals surface area (Å²) in [5.41, 5.74) is 0.0884. The summed E-state index contributed by atoms with van der Waals surface area (Å²) in [6.45, 7) is 2.02. The molecule has 0 saturated heterocycles. The first-order valence-electron chi connectivity index (χ1n) is 5.96. The van der Waals surface area contributed by atoms with Crippen LogP contribution in [0.15, 0.2) is 23.1 Å². The summed E-state index contributed by atoms with van der Waals surface area (Å²) in [5, 5.41) is 7.37. The van der Waals surface area contributed by atoms with E-state index in [9.17, 15) is 17.6 Å². The Kier molecular flexibility index (Phi) is 5.44. The van der Waals surface area contributed by atoms with E-state index in [1.165, 1.54) is 0 Å². The number of benzene rings is 1. The van der Waals surface area contributed by atoms with E-state index >= 15 is 0 Å². The van der Waals surface area contributed by atoms with Crippen molar-refractivity contribution < 1.29 is 17.6 Å². The summed E-state index contributed by atoms with van der Waals surface area (Å²) in [6, 6.07) is 2.99. The molecule has 19 heavy (non-hydrogen) atoms. The van der Waals surface area contributed by atoms with Gasteiger partial charge in [0.2, 0.25) is 15.9 Å². The fourth-order valence-electron chi connectivity index (χ4n) is 1.56. The number of unbranched alkanes of at least 4 members (excludes halogenated alkanes) is 2. The van der Waals surface area contributed by atoms with Gasteiger partial charge in [-0.15, -0.1) is 0 Å². The van der Waals surface area contributed by atoms with E-state index in [1.807, 2.05) is 6.92 Å². The number of primary sulfonamides is 1. The molecule has 1 rings (SSSR count). The van der Waals surface area contributed by atoms with Gasteiger partial charge in [-0.25, -0.2) is 17.9 Å². The van der Waals surface area contributed by atoms with Crippen LogP contribution in [0.3, 0.4) is 0 Å². The minimum Gasteiger partial charge on any atom is -0.326 e. The SMILES string of the molecule is CCCCCC(=O)Nc1cc(F)cc(S(N)(=O)=O)c1. The summed E-state index contributed by atoms with van der Waals surface area (Å²) >= 11 is 0. The predicted octanol–water partition coefficient (Wildman–Crippen LogP) is 1.99. The van der Waals surface area contributed by atoms with Crippen LogP contribution in [0.1, 0.15) is 32.6 Å². The number of anilines is 1. The van der Waals surface area contributed by atoms with Crippen molar-refractivity contribution >= 4 is 21.6 Å². The first kappa shape index (κ1) is 15.6. The van der Waals surface area contributed by atoms with Gasteiger partial charge in [0.15, 0.2) is 0 Å². The first-order chi connectivity index (χ1) is 8.82. The maximum absolute atomic E-state index is 13.2. The molecule has 0 heterocycles. The highest BCUT2D eigenvalue weighted by Crippen LogP contribution is 2.17. The minimum atomic E-state index is -4.00. The number of carbonyl (C=O) groups is 1. The summed E-state index contributed by atoms with van der Waals surface area (Å²) in [5.74, 6) is -1.05. The van der Waals surface area contributed by atoms with Gasteiger partial charge in [-0.2, -0.15) is 0 Å². The molecule has 0 fully saturated rings. The molecule has 0 unspecified atom stereocenters. The van der Waals surface area contributed by atoms with E-state index < -0.39 is 15.8 Å². The zero-order chi connectivity index (χ0) is 14.5. The van der Waals surface area contributed by atoms with Crippen molar-refractivity contribution in [3.63, 3.8) is 0 Å². The third-order valence-electron chi connectivity index (χ3n) is 2.49. The molecule has 7 heteroatoms. The molecule has 0 atom stereocenters. The quantitative estimate of drug-likeness (QED) is 0.784. The lowest BCUT2D eigenvalue weighted by molar-refractivity contribution is -0.116. The van der Waals surface area contributed by atoms with Gasteiger partial charge in [0.1, 0.15) is 5.82 Å². The van der Waals surface area contributed by atoms with Gasteiger partial charge in [-0.3, -0.25) is 4.79 Å². The molecule has 0 aromatic heterocycles. The highest BCUT2D eigenvalue weighted by atomic mass is 32.2. The van der Waals surface area contributed by atoms with Crippen molar-refractivity contribution in [1.82, 2.24) is 0 Å². The Hall–Kier alpha value is -1.47. The minimum absolute atomic E-state index is 0.0884. The number of rotatable bonds is 6. The third-order valence-corrected chi connectivity index (χ3v) is 3.38. The van der Waals surface area contributed by atoms with Crippen molar-refractivity contribution in [3.8, 4) is 0 Å². The van der Waals surface area contributed by atoms with E-state index in [-0.39, 0.29) is 16.5 Å². The van der Waals surface area contributed by atoms with Crippen molar-refractivity contribution in [2.45, 2.75) is 37.5 Å². The molecule has 106 valence electrons. The third kappa shape index (κ3) is 5.35. The van der Waals surface area contributed by atoms with Crippen molar-refractivity contribution in [1.29, 1.82) is 0 Å². The lowest BCUT2D eigenvalue weighted by atomic mass is 10.2. The zero-order valence-electron chi connectivity index (χ0n) is 10.6. The summed E-state index contributed by atoms with van der Waals surface area (Å²) < 4.78 is 35.5. The van der Waals surface area contributed by atoms with Crippen LogP contribution in [0.25, 0.3) is 0 Å². The fourth-order valence-corrected chi connectivity index (χ4v) is 2.13. The van der Waals surface area contributed by atoms with Gasteiger partial charge >= 0.3 is 0 Å². The Labute approximate surface area is 112 Å². The Bertz CT molecular complexity index is 558. The number of hydrogen-bond acceptors (Lipinski definition) is 3. The molecule has 0 spiro atoms. The monoisotopic (exact) mass is 288 g/mol. The molecule has 1 amide bonds. The van der Waals surface area contributed by atoms with Gasteiger partial charge in [-0.1, -0.05) is 19.8 Å². The van der Waals surface area contributed by atoms with Gasteiger partial charge in [0, 0.05) is 12.1 Å². The molecule has 0 aliphatic carbocycles. The summed E-state index contributed by atoms with van der Waals surface area (Å²) in [4.78, 5) is 11.2. The van der Waals surface area contributed by atoms with Crippen molar-refractivity contribution in [2.75, 3.05) is 5.32 Å². The summed E-state index contributed by atoms with van der Waals surface area (Å²) in [6.07, 6.45) is 2.97. The lowest BCUT2D eigenvalue weighted by Crippen LogP contribution is -2.15. The molecule has 0 aliphatic heterocycles. The standard InChI is InChI=1S/C12H17FN2O3S/c1-2-3-4-5-12(16)15-10-6-9(13)7-11(8-10)19(14,17)18/h6-8H,2-5H2,1H3,(H,15,16)(H2,14,17,18). The Morgan fingerprint density at radius 3 is 2.58 bits per heavy atom. The van der Waals surface area contributed by atoms with Crippen LogP contribution < -0.4 is 10.5 Å². The fraction of sp³-hybridized carbons (Fsp3) is 0.417. The lowest BCUT2D eigenvalue weighted by Gasteiger charge is -2.07. The number of nitrogens with one attached hydrogen (secondary N) is 1. The van der Waals surface area contributed by atoms with Crippen LogP contribution in [-0.4, -0.2) is 14.3 Å². The molecule has 1 aromatic carbocycles. The molecule has 0 aliphatic rings. The molecule has 0 saturated carbocycles. The number of sulfonamides is 1.